The third-order valence-electron chi connectivity index (χ3n) is 5.28. The number of ether oxygens (including phenoxy) is 1. The van der Waals surface area contributed by atoms with Crippen LogP contribution in [0.1, 0.15) is 28.2 Å². The van der Waals surface area contributed by atoms with Crippen molar-refractivity contribution in [3.05, 3.63) is 41.2 Å². The van der Waals surface area contributed by atoms with Gasteiger partial charge in [-0.3, -0.25) is 9.89 Å². The van der Waals surface area contributed by atoms with E-state index >= 15 is 0 Å². The number of aromatic amines is 1. The Hall–Kier alpha value is -2.54. The zero-order valence-corrected chi connectivity index (χ0v) is 15.0. The van der Waals surface area contributed by atoms with Gasteiger partial charge in [0.25, 0.3) is 5.91 Å². The number of nitrogens with one attached hydrogen (secondary N) is 3. The molecule has 4 rings (SSSR count). The Kier molecular flexibility index (Phi) is 4.79. The summed E-state index contributed by atoms with van der Waals surface area (Å²) in [5.41, 5.74) is 3.80. The molecular formula is C19H25N5O2. The maximum Gasteiger partial charge on any atom is 0.272 e. The molecule has 2 aromatic rings. The van der Waals surface area contributed by atoms with E-state index in [-0.39, 0.29) is 5.91 Å². The highest BCUT2D eigenvalue weighted by atomic mass is 16.5. The number of hydrogen-bond donors (Lipinski definition) is 3. The molecule has 0 aliphatic carbocycles. The van der Waals surface area contributed by atoms with Gasteiger partial charge in [-0.25, -0.2) is 0 Å². The van der Waals surface area contributed by atoms with Gasteiger partial charge in [0.15, 0.2) is 5.69 Å². The molecule has 7 heteroatoms. The van der Waals surface area contributed by atoms with E-state index in [4.69, 9.17) is 4.74 Å². The highest BCUT2D eigenvalue weighted by molar-refractivity contribution is 5.94. The summed E-state index contributed by atoms with van der Waals surface area (Å²) >= 11 is 0. The van der Waals surface area contributed by atoms with Crippen LogP contribution >= 0.6 is 0 Å². The first kappa shape index (κ1) is 16.9. The van der Waals surface area contributed by atoms with Gasteiger partial charge in [-0.05, 0) is 24.5 Å². The van der Waals surface area contributed by atoms with Crippen molar-refractivity contribution in [2.24, 2.45) is 5.92 Å². The van der Waals surface area contributed by atoms with Gasteiger partial charge in [0.1, 0.15) is 5.75 Å². The van der Waals surface area contributed by atoms with Gasteiger partial charge in [0, 0.05) is 62.2 Å². The molecule has 138 valence electrons. The van der Waals surface area contributed by atoms with Crippen molar-refractivity contribution in [1.29, 1.82) is 0 Å². The Balaban J connectivity index is 1.33. The van der Waals surface area contributed by atoms with Crippen molar-refractivity contribution in [2.45, 2.75) is 19.4 Å². The Bertz CT molecular complexity index is 788. The monoisotopic (exact) mass is 355 g/mol. The van der Waals surface area contributed by atoms with Crippen molar-refractivity contribution in [3.8, 4) is 5.75 Å². The maximum atomic E-state index is 12.5. The van der Waals surface area contributed by atoms with Gasteiger partial charge in [0.2, 0.25) is 0 Å². The summed E-state index contributed by atoms with van der Waals surface area (Å²) in [5.74, 6) is 1.24. The molecule has 2 aliphatic rings. The molecular weight excluding hydrogens is 330 g/mol. The summed E-state index contributed by atoms with van der Waals surface area (Å²) in [6, 6.07) is 8.13. The molecule has 0 spiro atoms. The Labute approximate surface area is 153 Å². The predicted octanol–water partition coefficient (Wildman–Crippen LogP) is 1.32. The average molecular weight is 355 g/mol. The number of carbonyl (C=O) groups is 1. The lowest BCUT2D eigenvalue weighted by molar-refractivity contribution is 0.0942. The number of methoxy groups -OCH3 is 1. The Morgan fingerprint density at radius 3 is 3.27 bits per heavy atom. The zero-order chi connectivity index (χ0) is 17.9. The molecule has 1 saturated heterocycles. The molecule has 0 bridgehead atoms. The normalized spacial score (nSPS) is 19.3. The highest BCUT2D eigenvalue weighted by Crippen LogP contribution is 2.26. The molecule has 1 amide bonds. The molecule has 1 fully saturated rings. The Morgan fingerprint density at radius 1 is 1.46 bits per heavy atom. The summed E-state index contributed by atoms with van der Waals surface area (Å²) in [6.45, 7) is 4.25. The van der Waals surface area contributed by atoms with Crippen LogP contribution in [0.3, 0.4) is 0 Å². The van der Waals surface area contributed by atoms with E-state index in [1.54, 1.807) is 7.11 Å². The minimum atomic E-state index is -0.0777. The van der Waals surface area contributed by atoms with Gasteiger partial charge in [-0.2, -0.15) is 5.10 Å². The van der Waals surface area contributed by atoms with Crippen LogP contribution in [-0.2, 0) is 13.0 Å². The predicted molar refractivity (Wildman–Crippen MR) is 99.6 cm³/mol. The second kappa shape index (κ2) is 7.37. The second-order valence-corrected chi connectivity index (χ2v) is 6.97. The molecule has 7 nitrogen and oxygen atoms in total. The van der Waals surface area contributed by atoms with Crippen molar-refractivity contribution in [1.82, 2.24) is 20.8 Å². The standard InChI is InChI=1S/C19H25N5O2/c1-26-15-4-2-3-14(9-15)24-8-6-13(12-24)10-21-19(25)18-16-11-20-7-5-17(16)22-23-18/h2-4,9,13,20H,5-8,10-12H2,1H3,(H,21,25)(H,22,23). The van der Waals surface area contributed by atoms with Gasteiger partial charge >= 0.3 is 0 Å². The van der Waals surface area contributed by atoms with Crippen LogP contribution < -0.4 is 20.3 Å². The highest BCUT2D eigenvalue weighted by Gasteiger charge is 2.25. The second-order valence-electron chi connectivity index (χ2n) is 6.97. The first-order valence-electron chi connectivity index (χ1n) is 9.18. The largest absolute Gasteiger partial charge is 0.497 e. The fourth-order valence-electron chi connectivity index (χ4n) is 3.77. The fraction of sp³-hybridized carbons (Fsp3) is 0.474. The number of H-pyrrole nitrogens is 1. The van der Waals surface area contributed by atoms with Gasteiger partial charge in [-0.1, -0.05) is 6.07 Å². The molecule has 1 atom stereocenters. The fourth-order valence-corrected chi connectivity index (χ4v) is 3.77. The van der Waals surface area contributed by atoms with Crippen molar-refractivity contribution < 1.29 is 9.53 Å². The minimum Gasteiger partial charge on any atom is -0.497 e. The van der Waals surface area contributed by atoms with Gasteiger partial charge in [-0.15, -0.1) is 0 Å². The van der Waals surface area contributed by atoms with E-state index in [1.807, 2.05) is 12.1 Å². The first-order chi connectivity index (χ1) is 12.7. The molecule has 1 aromatic heterocycles. The maximum absolute atomic E-state index is 12.5. The number of hydrogen-bond acceptors (Lipinski definition) is 5. The summed E-state index contributed by atoms with van der Waals surface area (Å²) in [6.07, 6.45) is 1.96. The lowest BCUT2D eigenvalue weighted by atomic mass is 10.1. The van der Waals surface area contributed by atoms with Crippen LogP contribution in [0.15, 0.2) is 24.3 Å². The van der Waals surface area contributed by atoms with Crippen molar-refractivity contribution in [2.75, 3.05) is 38.2 Å². The SMILES string of the molecule is COc1cccc(N2CCC(CNC(=O)c3n[nH]c4c3CNCC4)C2)c1. The van der Waals surface area contributed by atoms with E-state index in [0.717, 1.165) is 49.5 Å². The summed E-state index contributed by atoms with van der Waals surface area (Å²) < 4.78 is 5.31. The molecule has 0 saturated carbocycles. The number of rotatable bonds is 5. The number of benzene rings is 1. The van der Waals surface area contributed by atoms with Gasteiger partial charge in [0.05, 0.1) is 7.11 Å². The molecule has 26 heavy (non-hydrogen) atoms. The summed E-state index contributed by atoms with van der Waals surface area (Å²) in [4.78, 5) is 14.9. The van der Waals surface area contributed by atoms with Crippen LogP contribution in [0.4, 0.5) is 5.69 Å². The Morgan fingerprint density at radius 2 is 2.38 bits per heavy atom. The molecule has 2 aliphatic heterocycles. The quantitative estimate of drug-likeness (QED) is 0.754. The summed E-state index contributed by atoms with van der Waals surface area (Å²) in [5, 5.41) is 13.6. The van der Waals surface area contributed by atoms with Gasteiger partial charge < -0.3 is 20.3 Å². The van der Waals surface area contributed by atoms with E-state index in [2.05, 4.69) is 37.9 Å². The lowest BCUT2D eigenvalue weighted by Gasteiger charge is -2.19. The molecule has 3 N–H and O–H groups in total. The molecule has 1 unspecified atom stereocenters. The zero-order valence-electron chi connectivity index (χ0n) is 15.0. The molecule has 3 heterocycles. The minimum absolute atomic E-state index is 0.0777. The number of anilines is 1. The number of nitrogens with zero attached hydrogens (tertiary/aromatic N) is 2. The molecule has 1 aromatic carbocycles. The average Bonchev–Trinajstić information content (AvgIpc) is 3.33. The van der Waals surface area contributed by atoms with E-state index in [9.17, 15) is 4.79 Å². The first-order valence-corrected chi connectivity index (χ1v) is 9.18. The van der Waals surface area contributed by atoms with Crippen molar-refractivity contribution >= 4 is 11.6 Å². The van der Waals surface area contributed by atoms with Crippen LogP contribution in [-0.4, -0.2) is 49.4 Å². The lowest BCUT2D eigenvalue weighted by Crippen LogP contribution is -2.32. The van der Waals surface area contributed by atoms with E-state index in [1.165, 1.54) is 5.69 Å². The number of amides is 1. The number of fused-ring (bicyclic) bond motifs is 1. The topological polar surface area (TPSA) is 82.3 Å². The smallest absolute Gasteiger partial charge is 0.272 e. The number of aromatic nitrogens is 2. The van der Waals surface area contributed by atoms with E-state index in [0.29, 0.717) is 24.7 Å². The van der Waals surface area contributed by atoms with Crippen LogP contribution in [0.25, 0.3) is 0 Å². The third-order valence-corrected chi connectivity index (χ3v) is 5.28. The van der Waals surface area contributed by atoms with Crippen molar-refractivity contribution in [3.63, 3.8) is 0 Å². The number of carbonyl (C=O) groups excluding carboxylic acids is 1. The third kappa shape index (κ3) is 3.39. The van der Waals surface area contributed by atoms with Crippen LogP contribution in [0.2, 0.25) is 0 Å². The van der Waals surface area contributed by atoms with Crippen LogP contribution in [0, 0.1) is 5.92 Å². The van der Waals surface area contributed by atoms with Crippen LogP contribution in [0.5, 0.6) is 5.75 Å². The summed E-state index contributed by atoms with van der Waals surface area (Å²) in [7, 11) is 1.69. The molecule has 0 radical (unpaired) electrons. The van der Waals surface area contributed by atoms with E-state index < -0.39 is 0 Å².